The van der Waals surface area contributed by atoms with Crippen molar-refractivity contribution >= 4 is 29.6 Å². The van der Waals surface area contributed by atoms with Crippen molar-refractivity contribution in [2.24, 2.45) is 5.10 Å². The molecule has 0 aliphatic rings. The predicted molar refractivity (Wildman–Crippen MR) is 87.6 cm³/mol. The van der Waals surface area contributed by atoms with Gasteiger partial charge in [0.05, 0.1) is 21.7 Å². The summed E-state index contributed by atoms with van der Waals surface area (Å²) in [7, 11) is 0. The third-order valence-corrected chi connectivity index (χ3v) is 2.90. The van der Waals surface area contributed by atoms with Crippen LogP contribution in [0.5, 0.6) is 0 Å². The van der Waals surface area contributed by atoms with Gasteiger partial charge in [-0.15, -0.1) is 0 Å². The van der Waals surface area contributed by atoms with Crippen molar-refractivity contribution in [3.8, 4) is 0 Å². The Hall–Kier alpha value is -3.48. The predicted octanol–water partition coefficient (Wildman–Crippen LogP) is 3.40. The fourth-order valence-corrected chi connectivity index (χ4v) is 1.78. The number of carboxylic acids is 1. The first-order valence-electron chi connectivity index (χ1n) is 6.60. The van der Waals surface area contributed by atoms with Crippen molar-refractivity contribution in [3.63, 3.8) is 0 Å². The van der Waals surface area contributed by atoms with E-state index in [0.29, 0.717) is 11.3 Å². The molecule has 0 bridgehead atoms. The van der Waals surface area contributed by atoms with Crippen LogP contribution < -0.4 is 5.43 Å². The number of rotatable bonds is 6. The van der Waals surface area contributed by atoms with Crippen molar-refractivity contribution in [1.82, 2.24) is 0 Å². The van der Waals surface area contributed by atoms with Crippen molar-refractivity contribution in [1.29, 1.82) is 0 Å². The molecule has 7 nitrogen and oxygen atoms in total. The Bertz CT molecular complexity index is 767. The van der Waals surface area contributed by atoms with Crippen LogP contribution in [-0.2, 0) is 0 Å². The van der Waals surface area contributed by atoms with Crippen molar-refractivity contribution < 1.29 is 14.8 Å². The number of aromatic carboxylic acids is 1. The molecule has 0 atom stereocenters. The molecule has 0 aliphatic carbocycles. The third-order valence-electron chi connectivity index (χ3n) is 2.90. The molecule has 2 N–H and O–H groups in total. The van der Waals surface area contributed by atoms with Crippen molar-refractivity contribution in [2.75, 3.05) is 5.43 Å². The number of anilines is 1. The number of allylic oxidation sites excluding steroid dienone is 1. The monoisotopic (exact) mass is 311 g/mol. The van der Waals surface area contributed by atoms with Gasteiger partial charge in [-0.05, 0) is 42.5 Å². The summed E-state index contributed by atoms with van der Waals surface area (Å²) in [4.78, 5) is 21.1. The highest BCUT2D eigenvalue weighted by molar-refractivity contribution is 5.88. The summed E-state index contributed by atoms with van der Waals surface area (Å²) in [6.07, 6.45) is 4.60. The van der Waals surface area contributed by atoms with Gasteiger partial charge in [0.2, 0.25) is 0 Å². The van der Waals surface area contributed by atoms with Crippen LogP contribution in [0.4, 0.5) is 11.4 Å². The van der Waals surface area contributed by atoms with Crippen LogP contribution in [0.2, 0.25) is 0 Å². The van der Waals surface area contributed by atoms with Crippen LogP contribution in [0.1, 0.15) is 15.9 Å². The molecule has 2 aromatic rings. The molecule has 0 spiro atoms. The van der Waals surface area contributed by atoms with Gasteiger partial charge in [0.1, 0.15) is 0 Å². The third kappa shape index (κ3) is 4.50. The van der Waals surface area contributed by atoms with Crippen LogP contribution in [-0.4, -0.2) is 22.2 Å². The number of nitrogens with one attached hydrogen (secondary N) is 1. The molecule has 0 amide bonds. The lowest BCUT2D eigenvalue weighted by molar-refractivity contribution is -0.385. The number of hydrogen-bond acceptors (Lipinski definition) is 5. The minimum absolute atomic E-state index is 0.0226. The number of para-hydroxylation sites is 1. The summed E-state index contributed by atoms with van der Waals surface area (Å²) in [5.41, 5.74) is 4.05. The van der Waals surface area contributed by atoms with E-state index < -0.39 is 10.9 Å². The Morgan fingerprint density at radius 3 is 2.52 bits per heavy atom. The lowest BCUT2D eigenvalue weighted by Crippen LogP contribution is -1.96. The maximum Gasteiger partial charge on any atom is 0.335 e. The average Bonchev–Trinajstić information content (AvgIpc) is 2.55. The number of carboxylic acid groups (broad SMARTS) is 1. The molecule has 7 heteroatoms. The Morgan fingerprint density at radius 2 is 1.87 bits per heavy atom. The van der Waals surface area contributed by atoms with Crippen LogP contribution in [0.3, 0.4) is 0 Å². The Morgan fingerprint density at radius 1 is 1.17 bits per heavy atom. The minimum atomic E-state index is -0.993. The van der Waals surface area contributed by atoms with E-state index in [-0.39, 0.29) is 11.3 Å². The van der Waals surface area contributed by atoms with Crippen molar-refractivity contribution in [2.45, 2.75) is 0 Å². The summed E-state index contributed by atoms with van der Waals surface area (Å²) in [5, 5.41) is 23.6. The van der Waals surface area contributed by atoms with Gasteiger partial charge in [-0.25, -0.2) is 4.79 Å². The van der Waals surface area contributed by atoms with Gasteiger partial charge in [-0.1, -0.05) is 12.1 Å². The van der Waals surface area contributed by atoms with Crippen LogP contribution in [0.15, 0.2) is 59.7 Å². The van der Waals surface area contributed by atoms with Gasteiger partial charge < -0.3 is 5.11 Å². The van der Waals surface area contributed by atoms with E-state index in [0.717, 1.165) is 0 Å². The summed E-state index contributed by atoms with van der Waals surface area (Å²) in [6.45, 7) is 0. The molecule has 0 fully saturated rings. The lowest BCUT2D eigenvalue weighted by Gasteiger charge is -1.99. The van der Waals surface area contributed by atoms with E-state index in [1.165, 1.54) is 24.4 Å². The number of nitro groups is 1. The Balaban J connectivity index is 1.97. The molecule has 0 aromatic heterocycles. The normalized spacial score (nSPS) is 11.0. The quantitative estimate of drug-likeness (QED) is 0.483. The van der Waals surface area contributed by atoms with Crippen LogP contribution in [0.25, 0.3) is 6.08 Å². The average molecular weight is 311 g/mol. The molecule has 0 unspecified atom stereocenters. The first-order chi connectivity index (χ1) is 11.1. The zero-order chi connectivity index (χ0) is 16.7. The van der Waals surface area contributed by atoms with Crippen LogP contribution >= 0.6 is 0 Å². The lowest BCUT2D eigenvalue weighted by atomic mass is 10.2. The summed E-state index contributed by atoms with van der Waals surface area (Å²) in [6, 6.07) is 12.5. The van der Waals surface area contributed by atoms with Gasteiger partial charge in [-0.2, -0.15) is 5.10 Å². The molecule has 0 radical (unpaired) electrons. The van der Waals surface area contributed by atoms with E-state index in [1.54, 1.807) is 42.5 Å². The fraction of sp³-hybridized carbons (Fsp3) is 0. The second-order valence-electron chi connectivity index (χ2n) is 4.45. The molecule has 0 saturated heterocycles. The van der Waals surface area contributed by atoms with E-state index >= 15 is 0 Å². The molecule has 2 aromatic carbocycles. The van der Waals surface area contributed by atoms with Gasteiger partial charge >= 0.3 is 5.97 Å². The molecule has 0 heterocycles. The number of hydrazone groups is 1. The zero-order valence-corrected chi connectivity index (χ0v) is 11.9. The SMILES string of the molecule is O=C(O)c1ccc(NN=C/C=C/c2ccccc2[N+](=O)[O-])cc1. The molecule has 0 saturated carbocycles. The maximum absolute atomic E-state index is 10.9. The number of benzene rings is 2. The van der Waals surface area contributed by atoms with Crippen LogP contribution in [0, 0.1) is 10.1 Å². The van der Waals surface area contributed by atoms with E-state index in [2.05, 4.69) is 10.5 Å². The van der Waals surface area contributed by atoms with E-state index in [9.17, 15) is 14.9 Å². The summed E-state index contributed by atoms with van der Waals surface area (Å²) >= 11 is 0. The minimum Gasteiger partial charge on any atom is -0.478 e. The van der Waals surface area contributed by atoms with Gasteiger partial charge in [0.15, 0.2) is 0 Å². The van der Waals surface area contributed by atoms with E-state index in [4.69, 9.17) is 5.11 Å². The topological polar surface area (TPSA) is 105 Å². The van der Waals surface area contributed by atoms with Gasteiger partial charge in [0.25, 0.3) is 5.69 Å². The maximum atomic E-state index is 10.9. The van der Waals surface area contributed by atoms with Gasteiger partial charge in [-0.3, -0.25) is 15.5 Å². The Kier molecular flexibility index (Phi) is 5.19. The molecular weight excluding hydrogens is 298 g/mol. The highest BCUT2D eigenvalue weighted by atomic mass is 16.6. The molecule has 0 aliphatic heterocycles. The van der Waals surface area contributed by atoms with Crippen molar-refractivity contribution in [3.05, 3.63) is 75.8 Å². The first kappa shape index (κ1) is 15.9. The number of nitro benzene ring substituents is 1. The second-order valence-corrected chi connectivity index (χ2v) is 4.45. The Labute approximate surface area is 131 Å². The number of hydrogen-bond donors (Lipinski definition) is 2. The highest BCUT2D eigenvalue weighted by Gasteiger charge is 2.08. The van der Waals surface area contributed by atoms with E-state index in [1.807, 2.05) is 0 Å². The number of carbonyl (C=O) groups is 1. The largest absolute Gasteiger partial charge is 0.478 e. The molecule has 2 rings (SSSR count). The molecule has 23 heavy (non-hydrogen) atoms. The summed E-state index contributed by atoms with van der Waals surface area (Å²) in [5.74, 6) is -0.993. The summed E-state index contributed by atoms with van der Waals surface area (Å²) < 4.78 is 0. The second kappa shape index (κ2) is 7.51. The standard InChI is InChI=1S/C16H13N3O4/c20-16(21)13-7-9-14(10-8-13)18-17-11-3-5-12-4-1-2-6-15(12)19(22)23/h1-11,18H,(H,20,21)/b5-3+,17-11?. The fourth-order valence-electron chi connectivity index (χ4n) is 1.78. The smallest absolute Gasteiger partial charge is 0.335 e. The number of nitrogens with zero attached hydrogens (tertiary/aromatic N) is 2. The molecule has 116 valence electrons. The molecular formula is C16H13N3O4. The highest BCUT2D eigenvalue weighted by Crippen LogP contribution is 2.18. The first-order valence-corrected chi connectivity index (χ1v) is 6.60. The zero-order valence-electron chi connectivity index (χ0n) is 11.9. The van der Waals surface area contributed by atoms with Gasteiger partial charge in [0, 0.05) is 12.3 Å².